The highest BCUT2D eigenvalue weighted by molar-refractivity contribution is 5.79. The predicted octanol–water partition coefficient (Wildman–Crippen LogP) is 2.88. The highest BCUT2D eigenvalue weighted by Gasteiger charge is 2.03. The Morgan fingerprint density at radius 1 is 1.04 bits per heavy atom. The Morgan fingerprint density at radius 3 is 2.46 bits per heavy atom. The molecule has 4 nitrogen and oxygen atoms in total. The molecule has 0 bridgehead atoms. The molecule has 0 amide bonds. The summed E-state index contributed by atoms with van der Waals surface area (Å²) in [5.74, 6) is 0.288. The van der Waals surface area contributed by atoms with E-state index in [2.05, 4.69) is 15.6 Å². The normalized spacial score (nSPS) is 11.2. The van der Waals surface area contributed by atoms with E-state index in [1.54, 1.807) is 14.2 Å². The van der Waals surface area contributed by atoms with E-state index in [4.69, 9.17) is 4.74 Å². The molecule has 0 aliphatic heterocycles. The van der Waals surface area contributed by atoms with Crippen molar-refractivity contribution in [3.05, 3.63) is 65.2 Å². The van der Waals surface area contributed by atoms with Gasteiger partial charge in [0, 0.05) is 26.2 Å². The van der Waals surface area contributed by atoms with Gasteiger partial charge in [-0.3, -0.25) is 4.99 Å². The molecule has 0 aromatic heterocycles. The third kappa shape index (κ3) is 5.53. The molecule has 2 N–H and O–H groups in total. The summed E-state index contributed by atoms with van der Waals surface area (Å²) in [4.78, 5) is 4.13. The Kier molecular flexibility index (Phi) is 6.54. The van der Waals surface area contributed by atoms with E-state index in [-0.39, 0.29) is 0 Å². The maximum atomic E-state index is 13.1. The van der Waals surface area contributed by atoms with Crippen LogP contribution in [0, 0.1) is 11.6 Å². The molecule has 24 heavy (non-hydrogen) atoms. The maximum absolute atomic E-state index is 13.1. The summed E-state index contributed by atoms with van der Waals surface area (Å²) >= 11 is 0. The number of rotatable bonds is 6. The number of guanidine groups is 1. The van der Waals surface area contributed by atoms with E-state index >= 15 is 0 Å². The molecule has 2 aromatic rings. The van der Waals surface area contributed by atoms with Gasteiger partial charge >= 0.3 is 0 Å². The molecule has 0 saturated heterocycles. The van der Waals surface area contributed by atoms with Gasteiger partial charge in [-0.1, -0.05) is 12.1 Å². The highest BCUT2D eigenvalue weighted by atomic mass is 19.1. The summed E-state index contributed by atoms with van der Waals surface area (Å²) in [5.41, 5.74) is 1.66. The third-order valence-electron chi connectivity index (χ3n) is 3.45. The number of nitrogens with zero attached hydrogens (tertiary/aromatic N) is 1. The molecule has 0 aliphatic carbocycles. The monoisotopic (exact) mass is 333 g/mol. The number of methoxy groups -OCH3 is 1. The van der Waals surface area contributed by atoms with Gasteiger partial charge in [0.15, 0.2) is 5.96 Å². The maximum Gasteiger partial charge on any atom is 0.191 e. The van der Waals surface area contributed by atoms with Crippen molar-refractivity contribution in [2.24, 2.45) is 4.99 Å². The lowest BCUT2D eigenvalue weighted by Crippen LogP contribution is -2.37. The van der Waals surface area contributed by atoms with Gasteiger partial charge in [0.2, 0.25) is 0 Å². The first-order valence-electron chi connectivity index (χ1n) is 7.63. The van der Waals surface area contributed by atoms with Crippen LogP contribution in [0.15, 0.2) is 47.5 Å². The zero-order valence-corrected chi connectivity index (χ0v) is 13.8. The second kappa shape index (κ2) is 8.86. The molecule has 0 aliphatic rings. The third-order valence-corrected chi connectivity index (χ3v) is 3.45. The first-order chi connectivity index (χ1) is 11.6. The average Bonchev–Trinajstić information content (AvgIpc) is 2.57. The van der Waals surface area contributed by atoms with Gasteiger partial charge < -0.3 is 15.4 Å². The van der Waals surface area contributed by atoms with E-state index in [1.165, 1.54) is 12.1 Å². The largest absolute Gasteiger partial charge is 0.497 e. The molecule has 0 saturated carbocycles. The summed E-state index contributed by atoms with van der Waals surface area (Å²) < 4.78 is 31.5. The van der Waals surface area contributed by atoms with Crippen molar-refractivity contribution in [2.75, 3.05) is 20.7 Å². The average molecular weight is 333 g/mol. The molecule has 6 heteroatoms. The van der Waals surface area contributed by atoms with Gasteiger partial charge in [0.05, 0.1) is 7.11 Å². The number of benzene rings is 2. The summed E-state index contributed by atoms with van der Waals surface area (Å²) in [6.07, 6.45) is 0.495. The van der Waals surface area contributed by atoms with E-state index in [1.807, 2.05) is 24.3 Å². The number of nitrogens with one attached hydrogen (secondary N) is 2. The van der Waals surface area contributed by atoms with Crippen LogP contribution in [0.3, 0.4) is 0 Å². The molecule has 0 spiro atoms. The second-order valence-corrected chi connectivity index (χ2v) is 5.23. The van der Waals surface area contributed by atoms with Crippen LogP contribution in [-0.2, 0) is 13.0 Å². The SMILES string of the molecule is CN=C(NCCc1cc(F)cc(F)c1)NCc1cccc(OC)c1. The van der Waals surface area contributed by atoms with Gasteiger partial charge in [-0.15, -0.1) is 0 Å². The van der Waals surface area contributed by atoms with Crippen LogP contribution in [0.2, 0.25) is 0 Å². The van der Waals surface area contributed by atoms with Crippen molar-refractivity contribution >= 4 is 5.96 Å². The van der Waals surface area contributed by atoms with Crippen molar-refractivity contribution in [2.45, 2.75) is 13.0 Å². The second-order valence-electron chi connectivity index (χ2n) is 5.23. The summed E-state index contributed by atoms with van der Waals surface area (Å²) in [7, 11) is 3.30. The van der Waals surface area contributed by atoms with Crippen LogP contribution in [0.25, 0.3) is 0 Å². The van der Waals surface area contributed by atoms with Crippen molar-refractivity contribution in [1.82, 2.24) is 10.6 Å². The van der Waals surface area contributed by atoms with Crippen LogP contribution in [0.4, 0.5) is 8.78 Å². The van der Waals surface area contributed by atoms with Crippen molar-refractivity contribution in [3.63, 3.8) is 0 Å². The van der Waals surface area contributed by atoms with E-state index in [9.17, 15) is 8.78 Å². The standard InChI is InChI=1S/C18H21F2N3O/c1-21-18(23-12-14-4-3-5-17(10-14)24-2)22-7-6-13-8-15(19)11-16(20)9-13/h3-5,8-11H,6-7,12H2,1-2H3,(H2,21,22,23). The van der Waals surface area contributed by atoms with Crippen LogP contribution in [0.5, 0.6) is 5.75 Å². The minimum absolute atomic E-state index is 0.495. The zero-order valence-electron chi connectivity index (χ0n) is 13.8. The Morgan fingerprint density at radius 2 is 1.79 bits per heavy atom. The summed E-state index contributed by atoms with van der Waals surface area (Å²) in [6.45, 7) is 1.10. The quantitative estimate of drug-likeness (QED) is 0.631. The molecule has 0 fully saturated rings. The number of hydrogen-bond donors (Lipinski definition) is 2. The molecular weight excluding hydrogens is 312 g/mol. The first kappa shape index (κ1) is 17.7. The summed E-state index contributed by atoms with van der Waals surface area (Å²) in [6, 6.07) is 11.3. The molecule has 2 aromatic carbocycles. The first-order valence-corrected chi connectivity index (χ1v) is 7.63. The van der Waals surface area contributed by atoms with E-state index in [0.29, 0.717) is 31.0 Å². The minimum atomic E-state index is -0.564. The zero-order chi connectivity index (χ0) is 17.4. The molecular formula is C18H21F2N3O. The van der Waals surface area contributed by atoms with Crippen molar-refractivity contribution in [1.29, 1.82) is 0 Å². The molecule has 0 atom stereocenters. The Balaban J connectivity index is 1.82. The fraction of sp³-hybridized carbons (Fsp3) is 0.278. The molecule has 2 rings (SSSR count). The number of ether oxygens (including phenoxy) is 1. The number of aliphatic imine (C=N–C) groups is 1. The van der Waals surface area contributed by atoms with E-state index < -0.39 is 11.6 Å². The van der Waals surface area contributed by atoms with Crippen LogP contribution in [0.1, 0.15) is 11.1 Å². The molecule has 0 radical (unpaired) electrons. The Labute approximate surface area is 140 Å². The van der Waals surface area contributed by atoms with Crippen LogP contribution < -0.4 is 15.4 Å². The lowest BCUT2D eigenvalue weighted by atomic mass is 10.1. The van der Waals surface area contributed by atoms with Gasteiger partial charge in [-0.2, -0.15) is 0 Å². The van der Waals surface area contributed by atoms with Crippen molar-refractivity contribution in [3.8, 4) is 5.75 Å². The molecule has 128 valence electrons. The van der Waals surface area contributed by atoms with Gasteiger partial charge in [0.1, 0.15) is 17.4 Å². The predicted molar refractivity (Wildman–Crippen MR) is 91.3 cm³/mol. The fourth-order valence-electron chi connectivity index (χ4n) is 2.27. The van der Waals surface area contributed by atoms with Crippen LogP contribution in [-0.4, -0.2) is 26.7 Å². The molecule has 0 unspecified atom stereocenters. The van der Waals surface area contributed by atoms with Gasteiger partial charge in [0.25, 0.3) is 0 Å². The lowest BCUT2D eigenvalue weighted by molar-refractivity contribution is 0.414. The highest BCUT2D eigenvalue weighted by Crippen LogP contribution is 2.12. The lowest BCUT2D eigenvalue weighted by Gasteiger charge is -2.12. The Hall–Kier alpha value is -2.63. The van der Waals surface area contributed by atoms with Gasteiger partial charge in [-0.05, 0) is 41.8 Å². The fourth-order valence-corrected chi connectivity index (χ4v) is 2.27. The molecule has 0 heterocycles. The van der Waals surface area contributed by atoms with Gasteiger partial charge in [-0.25, -0.2) is 8.78 Å². The number of halogens is 2. The Bertz CT molecular complexity index is 684. The van der Waals surface area contributed by atoms with E-state index in [0.717, 1.165) is 17.4 Å². The van der Waals surface area contributed by atoms with Crippen molar-refractivity contribution < 1.29 is 13.5 Å². The smallest absolute Gasteiger partial charge is 0.191 e. The minimum Gasteiger partial charge on any atom is -0.497 e. The number of hydrogen-bond acceptors (Lipinski definition) is 2. The topological polar surface area (TPSA) is 45.7 Å². The van der Waals surface area contributed by atoms with Crippen LogP contribution >= 0.6 is 0 Å². The summed E-state index contributed by atoms with van der Waals surface area (Å²) in [5, 5.41) is 6.30.